The fraction of sp³-hybridized carbons (Fsp3) is 0.909. The molecule has 1 aliphatic rings. The van der Waals surface area contributed by atoms with E-state index in [0.29, 0.717) is 13.0 Å². The van der Waals surface area contributed by atoms with Crippen molar-refractivity contribution in [2.24, 2.45) is 0 Å². The molecule has 0 saturated carbocycles. The number of hydrogen-bond acceptors (Lipinski definition) is 6. The maximum Gasteiger partial charge on any atom is 0.251 e. The van der Waals surface area contributed by atoms with Gasteiger partial charge in [0.1, 0.15) is 24.4 Å². The monoisotopic (exact) mass is 263 g/mol. The highest BCUT2D eigenvalue weighted by atomic mass is 16.5. The quantitative estimate of drug-likeness (QED) is 0.391. The Morgan fingerprint density at radius 1 is 1.28 bits per heavy atom. The van der Waals surface area contributed by atoms with Crippen molar-refractivity contribution in [2.45, 2.75) is 56.9 Å². The predicted octanol–water partition coefficient (Wildman–Crippen LogP) is -2.26. The second-order valence-corrected chi connectivity index (χ2v) is 4.51. The number of hydrogen-bond donors (Lipinski definition) is 5. The van der Waals surface area contributed by atoms with Gasteiger partial charge in [-0.15, -0.1) is 0 Å². The van der Waals surface area contributed by atoms with Gasteiger partial charge in [0.25, 0.3) is 5.91 Å². The summed E-state index contributed by atoms with van der Waals surface area (Å²) in [5.41, 5.74) is 0. The largest absolute Gasteiger partial charge is 0.388 e. The smallest absolute Gasteiger partial charge is 0.251 e. The molecular weight excluding hydrogens is 242 g/mol. The van der Waals surface area contributed by atoms with Crippen LogP contribution in [-0.2, 0) is 9.53 Å². The van der Waals surface area contributed by atoms with Crippen molar-refractivity contribution in [1.82, 2.24) is 5.32 Å². The van der Waals surface area contributed by atoms with Gasteiger partial charge in [0.05, 0.1) is 6.10 Å². The van der Waals surface area contributed by atoms with E-state index in [0.717, 1.165) is 0 Å². The highest BCUT2D eigenvalue weighted by Gasteiger charge is 2.46. The maximum absolute atomic E-state index is 11.5. The topological polar surface area (TPSA) is 119 Å². The molecule has 0 aliphatic carbocycles. The van der Waals surface area contributed by atoms with E-state index in [9.17, 15) is 25.2 Å². The van der Waals surface area contributed by atoms with Crippen LogP contribution in [0, 0.1) is 0 Å². The normalized spacial score (nSPS) is 38.2. The molecule has 6 atom stereocenters. The van der Waals surface area contributed by atoms with Crippen LogP contribution >= 0.6 is 0 Å². The zero-order valence-electron chi connectivity index (χ0n) is 10.5. The number of ether oxygens (including phenoxy) is 1. The number of nitrogens with one attached hydrogen (secondary N) is 1. The summed E-state index contributed by atoms with van der Waals surface area (Å²) in [6.07, 6.45) is -7.12. The van der Waals surface area contributed by atoms with Crippen LogP contribution in [0.25, 0.3) is 0 Å². The Bertz CT molecular complexity index is 287. The molecule has 1 rings (SSSR count). The highest BCUT2D eigenvalue weighted by Crippen LogP contribution is 2.23. The number of aliphatic hydroxyl groups is 4. The summed E-state index contributed by atoms with van der Waals surface area (Å²) < 4.78 is 5.17. The lowest BCUT2D eigenvalue weighted by Crippen LogP contribution is -2.62. The summed E-state index contributed by atoms with van der Waals surface area (Å²) in [5, 5.41) is 41.0. The molecule has 7 heteroatoms. The van der Waals surface area contributed by atoms with Gasteiger partial charge < -0.3 is 30.5 Å². The van der Waals surface area contributed by atoms with Gasteiger partial charge in [0.2, 0.25) is 0 Å². The zero-order chi connectivity index (χ0) is 13.9. The van der Waals surface area contributed by atoms with Crippen LogP contribution in [0.15, 0.2) is 0 Å². The number of carbonyl (C=O) groups excluding carboxylic acids is 1. The van der Waals surface area contributed by atoms with Gasteiger partial charge in [-0.05, 0) is 13.3 Å². The zero-order valence-corrected chi connectivity index (χ0v) is 10.5. The van der Waals surface area contributed by atoms with Crippen molar-refractivity contribution in [3.05, 3.63) is 0 Å². The fourth-order valence-electron chi connectivity index (χ4n) is 1.85. The van der Waals surface area contributed by atoms with Crippen molar-refractivity contribution in [3.8, 4) is 0 Å². The van der Waals surface area contributed by atoms with E-state index in [1.54, 1.807) is 0 Å². The van der Waals surface area contributed by atoms with E-state index < -0.39 is 42.5 Å². The molecule has 1 saturated heterocycles. The fourth-order valence-corrected chi connectivity index (χ4v) is 1.85. The number of amides is 1. The van der Waals surface area contributed by atoms with Gasteiger partial charge in [-0.25, -0.2) is 0 Å². The lowest BCUT2D eigenvalue weighted by molar-refractivity contribution is -0.236. The van der Waals surface area contributed by atoms with Crippen LogP contribution in [-0.4, -0.2) is 69.5 Å². The molecule has 1 heterocycles. The predicted molar refractivity (Wildman–Crippen MR) is 61.7 cm³/mol. The molecule has 0 radical (unpaired) electrons. The Kier molecular flexibility index (Phi) is 5.48. The molecule has 18 heavy (non-hydrogen) atoms. The first-order chi connectivity index (χ1) is 8.40. The van der Waals surface area contributed by atoms with Crippen LogP contribution in [0.2, 0.25) is 0 Å². The second kappa shape index (κ2) is 6.44. The standard InChI is InChI=1S/C11H21NO6/c1-3-4-12-11(17)9(16)10-8(15)7(14)6(13)5(2)18-10/h5-10,13-16H,3-4H2,1-2H3,(H,12,17)/t5-,6-,7+,8+,9?,10?/m0/s1. The molecule has 0 aromatic heterocycles. The van der Waals surface area contributed by atoms with E-state index in [4.69, 9.17) is 4.74 Å². The molecule has 106 valence electrons. The number of aliphatic hydroxyl groups excluding tert-OH is 4. The van der Waals surface area contributed by atoms with Crippen molar-refractivity contribution in [1.29, 1.82) is 0 Å². The number of carbonyl (C=O) groups is 1. The van der Waals surface area contributed by atoms with E-state index >= 15 is 0 Å². The average Bonchev–Trinajstić information content (AvgIpc) is 2.36. The average molecular weight is 263 g/mol. The molecule has 0 spiro atoms. The molecule has 5 N–H and O–H groups in total. The summed E-state index contributed by atoms with van der Waals surface area (Å²) in [6.45, 7) is 3.75. The molecule has 0 aromatic carbocycles. The molecular formula is C11H21NO6. The summed E-state index contributed by atoms with van der Waals surface area (Å²) in [7, 11) is 0. The molecule has 0 bridgehead atoms. The minimum atomic E-state index is -1.59. The Labute approximate surface area is 105 Å². The first-order valence-electron chi connectivity index (χ1n) is 6.05. The van der Waals surface area contributed by atoms with Crippen LogP contribution in [0.3, 0.4) is 0 Å². The van der Waals surface area contributed by atoms with Gasteiger partial charge in [-0.3, -0.25) is 4.79 Å². The van der Waals surface area contributed by atoms with Crippen molar-refractivity contribution >= 4 is 5.91 Å². The summed E-state index contributed by atoms with van der Waals surface area (Å²) >= 11 is 0. The minimum absolute atomic E-state index is 0.402. The van der Waals surface area contributed by atoms with Gasteiger partial charge in [0.15, 0.2) is 6.10 Å². The number of rotatable bonds is 4. The summed E-state index contributed by atoms with van der Waals surface area (Å²) in [4.78, 5) is 11.5. The van der Waals surface area contributed by atoms with E-state index in [1.807, 2.05) is 6.92 Å². The van der Waals surface area contributed by atoms with Crippen LogP contribution in [0.5, 0.6) is 0 Å². The molecule has 7 nitrogen and oxygen atoms in total. The Morgan fingerprint density at radius 3 is 2.44 bits per heavy atom. The van der Waals surface area contributed by atoms with E-state index in [2.05, 4.69) is 5.32 Å². The van der Waals surface area contributed by atoms with E-state index in [1.165, 1.54) is 6.92 Å². The third kappa shape index (κ3) is 3.18. The minimum Gasteiger partial charge on any atom is -0.388 e. The second-order valence-electron chi connectivity index (χ2n) is 4.51. The van der Waals surface area contributed by atoms with Crippen LogP contribution in [0.1, 0.15) is 20.3 Å². The van der Waals surface area contributed by atoms with Crippen molar-refractivity contribution in [2.75, 3.05) is 6.54 Å². The van der Waals surface area contributed by atoms with Crippen LogP contribution < -0.4 is 5.32 Å². The summed E-state index contributed by atoms with van der Waals surface area (Å²) in [5.74, 6) is -0.670. The Hall–Kier alpha value is -0.730. The van der Waals surface area contributed by atoms with Gasteiger partial charge >= 0.3 is 0 Å². The first kappa shape index (κ1) is 15.3. The van der Waals surface area contributed by atoms with Crippen LogP contribution in [0.4, 0.5) is 0 Å². The molecule has 1 fully saturated rings. The van der Waals surface area contributed by atoms with Crippen molar-refractivity contribution in [3.63, 3.8) is 0 Å². The maximum atomic E-state index is 11.5. The summed E-state index contributed by atoms with van der Waals surface area (Å²) in [6, 6.07) is 0. The van der Waals surface area contributed by atoms with Gasteiger partial charge in [0, 0.05) is 6.54 Å². The third-order valence-corrected chi connectivity index (χ3v) is 3.02. The first-order valence-corrected chi connectivity index (χ1v) is 6.05. The Balaban J connectivity index is 2.67. The molecule has 1 amide bonds. The van der Waals surface area contributed by atoms with E-state index in [-0.39, 0.29) is 0 Å². The highest BCUT2D eigenvalue weighted by molar-refractivity contribution is 5.81. The molecule has 0 aromatic rings. The molecule has 2 unspecified atom stereocenters. The van der Waals surface area contributed by atoms with Gasteiger partial charge in [-0.1, -0.05) is 6.92 Å². The lowest BCUT2D eigenvalue weighted by Gasteiger charge is -2.40. The SMILES string of the molecule is CCCNC(=O)C(O)C1O[C@@H](C)[C@H](O)[C@@H](O)[C@H]1O. The van der Waals surface area contributed by atoms with Gasteiger partial charge in [-0.2, -0.15) is 0 Å². The third-order valence-electron chi connectivity index (χ3n) is 3.02. The molecule has 1 aliphatic heterocycles. The van der Waals surface area contributed by atoms with Crippen molar-refractivity contribution < 1.29 is 30.0 Å². The Morgan fingerprint density at radius 2 is 1.89 bits per heavy atom. The lowest BCUT2D eigenvalue weighted by atomic mass is 9.92.